The van der Waals surface area contributed by atoms with Crippen LogP contribution in [0.4, 0.5) is 0 Å². The van der Waals surface area contributed by atoms with Crippen LogP contribution in [-0.4, -0.2) is 44.4 Å². The van der Waals surface area contributed by atoms with E-state index in [2.05, 4.69) is 24.0 Å². The van der Waals surface area contributed by atoms with E-state index in [4.69, 9.17) is 0 Å². The Kier molecular flexibility index (Phi) is 5.23. The monoisotopic (exact) mass is 344 g/mol. The molecule has 1 fully saturated rings. The molecule has 6 heteroatoms. The van der Waals surface area contributed by atoms with Gasteiger partial charge in [0.2, 0.25) is 5.91 Å². The molecule has 0 aliphatic carbocycles. The lowest BCUT2D eigenvalue weighted by Crippen LogP contribution is -2.43. The van der Waals surface area contributed by atoms with Crippen LogP contribution in [0.1, 0.15) is 26.1 Å². The fraction of sp³-hybridized carbons (Fsp3) is 0.500. The molecule has 0 bridgehead atoms. The quantitative estimate of drug-likeness (QED) is 0.800. The van der Waals surface area contributed by atoms with Crippen LogP contribution in [0.3, 0.4) is 0 Å². The molecule has 0 N–H and O–H groups in total. The van der Waals surface area contributed by atoms with Crippen LogP contribution in [0.15, 0.2) is 35.5 Å². The maximum Gasteiger partial charge on any atom is 0.233 e. The van der Waals surface area contributed by atoms with Gasteiger partial charge in [-0.25, -0.2) is 0 Å². The summed E-state index contributed by atoms with van der Waals surface area (Å²) in [5.41, 5.74) is 1.02. The van der Waals surface area contributed by atoms with Crippen LogP contribution in [0.25, 0.3) is 5.69 Å². The second kappa shape index (κ2) is 7.38. The van der Waals surface area contributed by atoms with E-state index in [1.54, 1.807) is 0 Å². The first-order valence-corrected chi connectivity index (χ1v) is 9.41. The topological polar surface area (TPSA) is 51.0 Å². The first-order chi connectivity index (χ1) is 11.5. The Hall–Kier alpha value is -1.82. The molecule has 2 unspecified atom stereocenters. The fourth-order valence-corrected chi connectivity index (χ4v) is 4.30. The van der Waals surface area contributed by atoms with Crippen molar-refractivity contribution in [1.29, 1.82) is 0 Å². The molecule has 3 rings (SSSR count). The number of benzene rings is 1. The molecule has 2 heterocycles. The number of likely N-dealkylation sites (tertiary alicyclic amines) is 1. The maximum absolute atomic E-state index is 12.6. The summed E-state index contributed by atoms with van der Waals surface area (Å²) in [4.78, 5) is 14.6. The number of hydrogen-bond donors (Lipinski definition) is 0. The summed E-state index contributed by atoms with van der Waals surface area (Å²) < 4.78 is 2.00. The van der Waals surface area contributed by atoms with Crippen LogP contribution in [-0.2, 0) is 4.79 Å². The van der Waals surface area contributed by atoms with Crippen molar-refractivity contribution < 1.29 is 4.79 Å². The van der Waals surface area contributed by atoms with Gasteiger partial charge in [-0.3, -0.25) is 9.36 Å². The lowest BCUT2D eigenvalue weighted by atomic mass is 9.92. The van der Waals surface area contributed by atoms with Crippen molar-refractivity contribution in [3.05, 3.63) is 36.2 Å². The molecule has 2 aromatic rings. The summed E-state index contributed by atoms with van der Waals surface area (Å²) in [5, 5.41) is 9.19. The number of aryl methyl sites for hydroxylation is 1. The van der Waals surface area contributed by atoms with Gasteiger partial charge < -0.3 is 4.90 Å². The first kappa shape index (κ1) is 17.0. The molecule has 1 amide bonds. The molecule has 1 aromatic heterocycles. The predicted molar refractivity (Wildman–Crippen MR) is 96.3 cm³/mol. The van der Waals surface area contributed by atoms with Gasteiger partial charge in [0.1, 0.15) is 5.82 Å². The van der Waals surface area contributed by atoms with Gasteiger partial charge in [0.25, 0.3) is 0 Å². The molecule has 1 saturated heterocycles. The third-order valence-electron chi connectivity index (χ3n) is 4.36. The third kappa shape index (κ3) is 3.80. The minimum absolute atomic E-state index is 0.193. The SMILES string of the molecule is Cc1nnc(SCC(=O)N2CC(C)CC(C)C2)n1-c1ccccc1. The zero-order valence-corrected chi connectivity index (χ0v) is 15.3. The van der Waals surface area contributed by atoms with Gasteiger partial charge in [0.15, 0.2) is 5.16 Å². The predicted octanol–water partition coefficient (Wildman–Crippen LogP) is 3.17. The van der Waals surface area contributed by atoms with Gasteiger partial charge in [-0.2, -0.15) is 0 Å². The number of carbonyl (C=O) groups excluding carboxylic acids is 1. The van der Waals surface area contributed by atoms with E-state index in [1.165, 1.54) is 18.2 Å². The largest absolute Gasteiger partial charge is 0.341 e. The van der Waals surface area contributed by atoms with Gasteiger partial charge in [0, 0.05) is 18.8 Å². The van der Waals surface area contributed by atoms with E-state index < -0.39 is 0 Å². The molecule has 2 atom stereocenters. The Balaban J connectivity index is 1.68. The van der Waals surface area contributed by atoms with E-state index >= 15 is 0 Å². The molecule has 0 radical (unpaired) electrons. The Bertz CT molecular complexity index is 690. The molecule has 0 saturated carbocycles. The minimum Gasteiger partial charge on any atom is -0.341 e. The van der Waals surface area contributed by atoms with Crippen molar-refractivity contribution in [1.82, 2.24) is 19.7 Å². The Labute approximate surface area is 147 Å². The smallest absolute Gasteiger partial charge is 0.233 e. The van der Waals surface area contributed by atoms with E-state index in [9.17, 15) is 4.79 Å². The highest BCUT2D eigenvalue weighted by Crippen LogP contribution is 2.24. The second-order valence-corrected chi connectivity index (χ2v) is 7.68. The second-order valence-electron chi connectivity index (χ2n) is 6.73. The van der Waals surface area contributed by atoms with E-state index in [1.807, 2.05) is 46.7 Å². The Morgan fingerprint density at radius 1 is 1.17 bits per heavy atom. The van der Waals surface area contributed by atoms with E-state index in [0.717, 1.165) is 29.8 Å². The average molecular weight is 344 g/mol. The summed E-state index contributed by atoms with van der Waals surface area (Å²) in [6.45, 7) is 8.11. The van der Waals surface area contributed by atoms with Crippen LogP contribution < -0.4 is 0 Å². The van der Waals surface area contributed by atoms with Crippen molar-refractivity contribution in [2.45, 2.75) is 32.3 Å². The van der Waals surface area contributed by atoms with Gasteiger partial charge in [-0.1, -0.05) is 43.8 Å². The molecular formula is C18H24N4OS. The normalized spacial score (nSPS) is 21.0. The van der Waals surface area contributed by atoms with Crippen molar-refractivity contribution in [2.24, 2.45) is 11.8 Å². The number of rotatable bonds is 4. The minimum atomic E-state index is 0.193. The molecule has 24 heavy (non-hydrogen) atoms. The zero-order valence-electron chi connectivity index (χ0n) is 14.5. The van der Waals surface area contributed by atoms with Crippen LogP contribution >= 0.6 is 11.8 Å². The summed E-state index contributed by atoms with van der Waals surface area (Å²) >= 11 is 1.47. The van der Waals surface area contributed by atoms with Gasteiger partial charge >= 0.3 is 0 Å². The number of aromatic nitrogens is 3. The summed E-state index contributed by atoms with van der Waals surface area (Å²) in [5.74, 6) is 2.59. The molecule has 128 valence electrons. The first-order valence-electron chi connectivity index (χ1n) is 8.42. The van der Waals surface area contributed by atoms with Gasteiger partial charge in [0.05, 0.1) is 5.75 Å². The average Bonchev–Trinajstić information content (AvgIpc) is 2.93. The molecule has 5 nitrogen and oxygen atoms in total. The summed E-state index contributed by atoms with van der Waals surface area (Å²) in [6.07, 6.45) is 1.21. The highest BCUT2D eigenvalue weighted by atomic mass is 32.2. The standard InChI is InChI=1S/C18H24N4OS/c1-13-9-14(2)11-21(10-13)17(23)12-24-18-20-19-15(3)22(18)16-7-5-4-6-8-16/h4-8,13-14H,9-12H2,1-3H3. The fourth-order valence-electron chi connectivity index (χ4n) is 3.39. The third-order valence-corrected chi connectivity index (χ3v) is 5.27. The Morgan fingerprint density at radius 3 is 2.50 bits per heavy atom. The van der Waals surface area contributed by atoms with E-state index in [0.29, 0.717) is 17.6 Å². The van der Waals surface area contributed by atoms with Crippen molar-refractivity contribution >= 4 is 17.7 Å². The molecule has 1 aromatic carbocycles. The Morgan fingerprint density at radius 2 is 1.83 bits per heavy atom. The van der Waals surface area contributed by atoms with E-state index in [-0.39, 0.29) is 5.91 Å². The summed E-state index contributed by atoms with van der Waals surface area (Å²) in [7, 11) is 0. The maximum atomic E-state index is 12.6. The summed E-state index contributed by atoms with van der Waals surface area (Å²) in [6, 6.07) is 10.0. The molecule has 1 aliphatic rings. The number of thioether (sulfide) groups is 1. The number of hydrogen-bond acceptors (Lipinski definition) is 4. The number of nitrogens with zero attached hydrogens (tertiary/aromatic N) is 4. The van der Waals surface area contributed by atoms with Crippen LogP contribution in [0.2, 0.25) is 0 Å². The zero-order chi connectivity index (χ0) is 17.1. The lowest BCUT2D eigenvalue weighted by Gasteiger charge is -2.34. The highest BCUT2D eigenvalue weighted by Gasteiger charge is 2.25. The molecular weight excluding hydrogens is 320 g/mol. The number of piperidine rings is 1. The lowest BCUT2D eigenvalue weighted by molar-refractivity contribution is -0.130. The van der Waals surface area contributed by atoms with Crippen LogP contribution in [0, 0.1) is 18.8 Å². The highest BCUT2D eigenvalue weighted by molar-refractivity contribution is 7.99. The molecule has 0 spiro atoms. The number of para-hydroxylation sites is 1. The van der Waals surface area contributed by atoms with Crippen molar-refractivity contribution in [3.8, 4) is 5.69 Å². The molecule has 1 aliphatic heterocycles. The van der Waals surface area contributed by atoms with Crippen LogP contribution in [0.5, 0.6) is 0 Å². The number of carbonyl (C=O) groups is 1. The number of amides is 1. The van der Waals surface area contributed by atoms with Gasteiger partial charge in [-0.15, -0.1) is 10.2 Å². The van der Waals surface area contributed by atoms with Crippen molar-refractivity contribution in [2.75, 3.05) is 18.8 Å². The van der Waals surface area contributed by atoms with Gasteiger partial charge in [-0.05, 0) is 37.3 Å². The van der Waals surface area contributed by atoms with Crippen molar-refractivity contribution in [3.63, 3.8) is 0 Å².